The first-order chi connectivity index (χ1) is 8.38. The van der Waals surface area contributed by atoms with Crippen LogP contribution in [0, 0.1) is 0 Å². The molecule has 0 aliphatic heterocycles. The number of carbonyl (C=O) groups is 1. The van der Waals surface area contributed by atoms with Crippen LogP contribution < -0.4 is 0 Å². The van der Waals surface area contributed by atoms with Crippen molar-refractivity contribution in [1.29, 1.82) is 0 Å². The van der Waals surface area contributed by atoms with Crippen molar-refractivity contribution in [1.82, 2.24) is 0 Å². The van der Waals surface area contributed by atoms with Crippen LogP contribution in [0.2, 0.25) is 0 Å². The maximum absolute atomic E-state index is 12.0. The number of carboxylic acids is 1. The zero-order valence-electron chi connectivity index (χ0n) is 8.79. The van der Waals surface area contributed by atoms with Crippen LogP contribution in [0.4, 0.5) is 0 Å². The Morgan fingerprint density at radius 3 is 2.56 bits per heavy atom. The van der Waals surface area contributed by atoms with Crippen LogP contribution in [0.5, 0.6) is 0 Å². The fraction of sp³-hybridized carbons (Fsp3) is 0.100. The number of carboxylic acid groups (broad SMARTS) is 1. The topological polar surface area (TPSA) is 84.6 Å². The number of rotatable bonds is 4. The number of hydrogen-bond acceptors (Lipinski definition) is 5. The SMILES string of the molecule is O=C(O)c1ccc(S(=O)(=O)Cc2ccc(Br)s2)o1. The standard InChI is InChI=1S/C10H7BrO5S2/c11-8-3-1-6(17-8)5-18(14,15)9-4-2-7(16-9)10(12)13/h1-4H,5H2,(H,12,13). The van der Waals surface area contributed by atoms with E-state index in [0.29, 0.717) is 4.88 Å². The highest BCUT2D eigenvalue weighted by atomic mass is 79.9. The average molecular weight is 351 g/mol. The molecule has 0 bridgehead atoms. The first-order valence-corrected chi connectivity index (χ1v) is 7.95. The molecule has 0 radical (unpaired) electrons. The summed E-state index contributed by atoms with van der Waals surface area (Å²) in [6.07, 6.45) is 0. The Hall–Kier alpha value is -1.12. The molecule has 0 atom stereocenters. The van der Waals surface area contributed by atoms with Crippen LogP contribution >= 0.6 is 27.3 Å². The number of thiophene rings is 1. The molecule has 0 aliphatic rings. The van der Waals surface area contributed by atoms with E-state index in [0.717, 1.165) is 15.9 Å². The lowest BCUT2D eigenvalue weighted by molar-refractivity contribution is 0.0656. The van der Waals surface area contributed by atoms with E-state index in [-0.39, 0.29) is 16.6 Å². The lowest BCUT2D eigenvalue weighted by Gasteiger charge is -1.98. The van der Waals surface area contributed by atoms with Crippen molar-refractivity contribution in [2.24, 2.45) is 0 Å². The molecule has 96 valence electrons. The highest BCUT2D eigenvalue weighted by Gasteiger charge is 2.22. The molecule has 0 spiro atoms. The molecular weight excluding hydrogens is 344 g/mol. The second-order valence-corrected chi connectivity index (χ2v) is 7.86. The summed E-state index contributed by atoms with van der Waals surface area (Å²) < 4.78 is 29.5. The number of halogens is 1. The Morgan fingerprint density at radius 2 is 2.06 bits per heavy atom. The van der Waals surface area contributed by atoms with E-state index in [1.807, 2.05) is 0 Å². The minimum Gasteiger partial charge on any atom is -0.475 e. The number of hydrogen-bond donors (Lipinski definition) is 1. The summed E-state index contributed by atoms with van der Waals surface area (Å²) in [4.78, 5) is 11.3. The molecule has 18 heavy (non-hydrogen) atoms. The van der Waals surface area contributed by atoms with Crippen LogP contribution in [-0.2, 0) is 15.6 Å². The predicted molar refractivity (Wildman–Crippen MR) is 68.6 cm³/mol. The quantitative estimate of drug-likeness (QED) is 0.916. The van der Waals surface area contributed by atoms with Crippen LogP contribution in [0.1, 0.15) is 15.4 Å². The maximum Gasteiger partial charge on any atom is 0.371 e. The van der Waals surface area contributed by atoms with Gasteiger partial charge in [0.2, 0.25) is 20.7 Å². The summed E-state index contributed by atoms with van der Waals surface area (Å²) in [6, 6.07) is 5.72. The fourth-order valence-corrected chi connectivity index (χ4v) is 4.37. The van der Waals surface area contributed by atoms with E-state index >= 15 is 0 Å². The summed E-state index contributed by atoms with van der Waals surface area (Å²) in [6.45, 7) is 0. The second kappa shape index (κ2) is 4.87. The predicted octanol–water partition coefficient (Wildman–Crippen LogP) is 2.78. The summed E-state index contributed by atoms with van der Waals surface area (Å²) in [7, 11) is -3.65. The Labute approximate surface area is 115 Å². The van der Waals surface area contributed by atoms with Crippen LogP contribution in [0.15, 0.2) is 37.6 Å². The van der Waals surface area contributed by atoms with E-state index in [4.69, 9.17) is 9.52 Å². The van der Waals surface area contributed by atoms with Crippen molar-refractivity contribution in [3.63, 3.8) is 0 Å². The minimum atomic E-state index is -3.65. The molecule has 8 heteroatoms. The third kappa shape index (κ3) is 2.82. The Kier molecular flexibility index (Phi) is 3.60. The van der Waals surface area contributed by atoms with Crippen molar-refractivity contribution >= 4 is 43.1 Å². The molecule has 0 aliphatic carbocycles. The van der Waals surface area contributed by atoms with Gasteiger partial charge in [-0.2, -0.15) is 0 Å². The molecule has 0 saturated carbocycles. The summed E-state index contributed by atoms with van der Waals surface area (Å²) in [5, 5.41) is 8.33. The van der Waals surface area contributed by atoms with E-state index in [2.05, 4.69) is 15.9 Å². The van der Waals surface area contributed by atoms with Crippen molar-refractivity contribution in [3.05, 3.63) is 38.7 Å². The smallest absolute Gasteiger partial charge is 0.371 e. The highest BCUT2D eigenvalue weighted by molar-refractivity contribution is 9.11. The van der Waals surface area contributed by atoms with Gasteiger partial charge in [-0.15, -0.1) is 11.3 Å². The van der Waals surface area contributed by atoms with Gasteiger partial charge >= 0.3 is 5.97 Å². The third-order valence-corrected chi connectivity index (χ3v) is 5.39. The average Bonchev–Trinajstić information content (AvgIpc) is 2.86. The molecule has 2 aromatic heterocycles. The summed E-state index contributed by atoms with van der Waals surface area (Å²) in [5.74, 6) is -1.90. The lowest BCUT2D eigenvalue weighted by atomic mass is 10.5. The molecule has 0 amide bonds. The lowest BCUT2D eigenvalue weighted by Crippen LogP contribution is -2.02. The molecule has 2 rings (SSSR count). The Bertz CT molecular complexity index is 683. The fourth-order valence-electron chi connectivity index (χ4n) is 1.29. The summed E-state index contributed by atoms with van der Waals surface area (Å²) in [5.41, 5.74) is 0. The largest absolute Gasteiger partial charge is 0.475 e. The van der Waals surface area contributed by atoms with Crippen LogP contribution in [-0.4, -0.2) is 19.5 Å². The first kappa shape index (κ1) is 13.3. The normalized spacial score (nSPS) is 11.6. The van der Waals surface area contributed by atoms with Gasteiger partial charge in [-0.25, -0.2) is 13.2 Å². The third-order valence-electron chi connectivity index (χ3n) is 2.06. The molecular formula is C10H7BrO5S2. The molecule has 0 unspecified atom stereocenters. The van der Waals surface area contributed by atoms with E-state index in [1.54, 1.807) is 12.1 Å². The second-order valence-electron chi connectivity index (χ2n) is 3.39. The van der Waals surface area contributed by atoms with Gasteiger partial charge in [0, 0.05) is 4.88 Å². The van der Waals surface area contributed by atoms with Gasteiger partial charge < -0.3 is 9.52 Å². The highest BCUT2D eigenvalue weighted by Crippen LogP contribution is 2.26. The van der Waals surface area contributed by atoms with Gasteiger partial charge in [-0.1, -0.05) is 0 Å². The molecule has 2 heterocycles. The molecule has 1 N–H and O–H groups in total. The molecule has 0 saturated heterocycles. The first-order valence-electron chi connectivity index (χ1n) is 4.68. The molecule has 0 aromatic carbocycles. The van der Waals surface area contributed by atoms with Gasteiger partial charge in [0.15, 0.2) is 0 Å². The van der Waals surface area contributed by atoms with E-state index in [9.17, 15) is 13.2 Å². The van der Waals surface area contributed by atoms with E-state index in [1.165, 1.54) is 11.3 Å². The van der Waals surface area contributed by atoms with Crippen molar-refractivity contribution < 1.29 is 22.7 Å². The van der Waals surface area contributed by atoms with Crippen molar-refractivity contribution in [2.45, 2.75) is 10.8 Å². The zero-order valence-corrected chi connectivity index (χ0v) is 12.0. The van der Waals surface area contributed by atoms with Crippen LogP contribution in [0.3, 0.4) is 0 Å². The maximum atomic E-state index is 12.0. The van der Waals surface area contributed by atoms with Crippen molar-refractivity contribution in [2.75, 3.05) is 0 Å². The zero-order chi connectivity index (χ0) is 13.3. The molecule has 2 aromatic rings. The number of aromatic carboxylic acids is 1. The van der Waals surface area contributed by atoms with E-state index < -0.39 is 15.8 Å². The van der Waals surface area contributed by atoms with Gasteiger partial charge in [0.1, 0.15) is 0 Å². The van der Waals surface area contributed by atoms with Gasteiger partial charge in [-0.05, 0) is 40.2 Å². The minimum absolute atomic E-state index is 0.212. The Balaban J connectivity index is 2.27. The Morgan fingerprint density at radius 1 is 1.33 bits per heavy atom. The monoisotopic (exact) mass is 350 g/mol. The summed E-state index contributed by atoms with van der Waals surface area (Å²) >= 11 is 4.54. The van der Waals surface area contributed by atoms with Gasteiger partial charge in [0.25, 0.3) is 0 Å². The molecule has 0 fully saturated rings. The van der Waals surface area contributed by atoms with Gasteiger partial charge in [0.05, 0.1) is 9.54 Å². The number of sulfone groups is 1. The van der Waals surface area contributed by atoms with Crippen molar-refractivity contribution in [3.8, 4) is 0 Å². The number of furan rings is 1. The van der Waals surface area contributed by atoms with Gasteiger partial charge in [-0.3, -0.25) is 0 Å². The molecule has 5 nitrogen and oxygen atoms in total. The van der Waals surface area contributed by atoms with Crippen LogP contribution in [0.25, 0.3) is 0 Å².